The minimum atomic E-state index is -0.281. The Morgan fingerprint density at radius 1 is 1.62 bits per heavy atom. The van der Waals surface area contributed by atoms with E-state index < -0.39 is 0 Å². The molecular weight excluding hydrogens is 164 g/mol. The number of rotatable bonds is 3. The molecule has 0 fully saturated rings. The number of hydrogen-bond donors (Lipinski definition) is 1. The summed E-state index contributed by atoms with van der Waals surface area (Å²) in [6, 6.07) is 2.00. The van der Waals surface area contributed by atoms with E-state index in [1.165, 1.54) is 0 Å². The third kappa shape index (κ3) is 2.56. The Balaban J connectivity index is 2.80. The van der Waals surface area contributed by atoms with Crippen LogP contribution in [0.15, 0.2) is 12.3 Å². The third-order valence-corrected chi connectivity index (χ3v) is 2.21. The number of nitrogens with zero attached hydrogens (tertiary/aromatic N) is 2. The Kier molecular flexibility index (Phi) is 2.76. The van der Waals surface area contributed by atoms with E-state index in [2.05, 4.69) is 18.9 Å². The lowest BCUT2D eigenvalue weighted by atomic mass is 9.84. The van der Waals surface area contributed by atoms with Crippen molar-refractivity contribution in [3.63, 3.8) is 0 Å². The average Bonchev–Trinajstić information content (AvgIpc) is 2.32. The molecule has 1 N–H and O–H groups in total. The normalized spacial score (nSPS) is 14.5. The van der Waals surface area contributed by atoms with E-state index >= 15 is 0 Å². The molecule has 1 unspecified atom stereocenters. The summed E-state index contributed by atoms with van der Waals surface area (Å²) in [5.41, 5.74) is 0.992. The van der Waals surface area contributed by atoms with Crippen molar-refractivity contribution in [1.29, 1.82) is 0 Å². The summed E-state index contributed by atoms with van der Waals surface area (Å²) in [7, 11) is 1.90. The van der Waals surface area contributed by atoms with E-state index in [0.717, 1.165) is 12.1 Å². The van der Waals surface area contributed by atoms with Gasteiger partial charge in [-0.05, 0) is 19.4 Å². The van der Waals surface area contributed by atoms with Crippen molar-refractivity contribution in [2.45, 2.75) is 38.7 Å². The van der Waals surface area contributed by atoms with Gasteiger partial charge in [-0.25, -0.2) is 0 Å². The van der Waals surface area contributed by atoms with Gasteiger partial charge in [0.1, 0.15) is 0 Å². The molecule has 3 heteroatoms. The maximum absolute atomic E-state index is 9.32. The van der Waals surface area contributed by atoms with Gasteiger partial charge in [0, 0.05) is 18.7 Å². The zero-order valence-electron chi connectivity index (χ0n) is 8.78. The lowest BCUT2D eigenvalue weighted by Gasteiger charge is -2.23. The maximum atomic E-state index is 9.32. The third-order valence-electron chi connectivity index (χ3n) is 2.21. The fraction of sp³-hybridized carbons (Fsp3) is 0.700. The molecular formula is C10H18N2O. The zero-order chi connectivity index (χ0) is 10.1. The second kappa shape index (κ2) is 3.50. The van der Waals surface area contributed by atoms with E-state index in [1.807, 2.05) is 26.2 Å². The highest BCUT2D eigenvalue weighted by atomic mass is 16.3. The molecule has 74 valence electrons. The molecule has 0 saturated heterocycles. The van der Waals surface area contributed by atoms with Gasteiger partial charge in [0.2, 0.25) is 0 Å². The monoisotopic (exact) mass is 182 g/mol. The van der Waals surface area contributed by atoms with Crippen LogP contribution in [-0.2, 0) is 12.5 Å². The quantitative estimate of drug-likeness (QED) is 0.768. The molecule has 0 radical (unpaired) electrons. The van der Waals surface area contributed by atoms with Crippen LogP contribution < -0.4 is 0 Å². The topological polar surface area (TPSA) is 38.0 Å². The molecule has 0 amide bonds. The summed E-state index contributed by atoms with van der Waals surface area (Å²) in [6.07, 6.45) is 2.39. The highest BCUT2D eigenvalue weighted by Crippen LogP contribution is 2.26. The molecule has 0 aromatic carbocycles. The Morgan fingerprint density at radius 2 is 2.23 bits per heavy atom. The van der Waals surface area contributed by atoms with Gasteiger partial charge >= 0.3 is 0 Å². The summed E-state index contributed by atoms with van der Waals surface area (Å²) in [5, 5.41) is 13.7. The van der Waals surface area contributed by atoms with Crippen LogP contribution in [0.3, 0.4) is 0 Å². The summed E-state index contributed by atoms with van der Waals surface area (Å²) in [4.78, 5) is 0. The fourth-order valence-electron chi connectivity index (χ4n) is 1.62. The summed E-state index contributed by atoms with van der Waals surface area (Å²) < 4.78 is 1.79. The maximum Gasteiger partial charge on any atom is 0.0681 e. The molecule has 1 heterocycles. The van der Waals surface area contributed by atoms with E-state index in [0.29, 0.717) is 0 Å². The fourth-order valence-corrected chi connectivity index (χ4v) is 1.62. The average molecular weight is 182 g/mol. The van der Waals surface area contributed by atoms with Crippen LogP contribution in [0.4, 0.5) is 0 Å². The molecule has 1 rings (SSSR count). The molecule has 1 atom stereocenters. The number of aromatic nitrogens is 2. The van der Waals surface area contributed by atoms with Gasteiger partial charge < -0.3 is 5.11 Å². The van der Waals surface area contributed by atoms with Crippen LogP contribution >= 0.6 is 0 Å². The zero-order valence-corrected chi connectivity index (χ0v) is 8.78. The number of aryl methyl sites for hydroxylation is 1. The first-order valence-corrected chi connectivity index (χ1v) is 4.60. The van der Waals surface area contributed by atoms with E-state index in [9.17, 15) is 5.11 Å². The largest absolute Gasteiger partial charge is 0.393 e. The van der Waals surface area contributed by atoms with Gasteiger partial charge in [-0.15, -0.1) is 0 Å². The van der Waals surface area contributed by atoms with Crippen molar-refractivity contribution in [1.82, 2.24) is 9.78 Å². The SMILES string of the molecule is CC(O)CC(C)(C)c1ccn(C)n1. The van der Waals surface area contributed by atoms with Crippen molar-refractivity contribution in [3.05, 3.63) is 18.0 Å². The van der Waals surface area contributed by atoms with Crippen molar-refractivity contribution in [2.24, 2.45) is 7.05 Å². The second-order valence-corrected chi connectivity index (χ2v) is 4.31. The van der Waals surface area contributed by atoms with Crippen molar-refractivity contribution in [3.8, 4) is 0 Å². The van der Waals surface area contributed by atoms with Gasteiger partial charge in [0.05, 0.1) is 11.8 Å². The first-order chi connectivity index (χ1) is 5.92. The van der Waals surface area contributed by atoms with Crippen LogP contribution in [0, 0.1) is 0 Å². The number of aliphatic hydroxyl groups excluding tert-OH is 1. The first kappa shape index (κ1) is 10.3. The molecule has 0 aliphatic heterocycles. The predicted octanol–water partition coefficient (Wildman–Crippen LogP) is 1.47. The summed E-state index contributed by atoms with van der Waals surface area (Å²) in [6.45, 7) is 6.01. The van der Waals surface area contributed by atoms with Gasteiger partial charge in [-0.2, -0.15) is 5.10 Å². The van der Waals surface area contributed by atoms with E-state index in [-0.39, 0.29) is 11.5 Å². The first-order valence-electron chi connectivity index (χ1n) is 4.60. The Morgan fingerprint density at radius 3 is 2.62 bits per heavy atom. The van der Waals surface area contributed by atoms with Crippen LogP contribution in [0.1, 0.15) is 32.9 Å². The standard InChI is InChI=1S/C10H18N2O/c1-8(13)7-10(2,3)9-5-6-12(4)11-9/h5-6,8,13H,7H2,1-4H3. The Bertz CT molecular complexity index is 276. The highest BCUT2D eigenvalue weighted by Gasteiger charge is 2.24. The number of hydrogen-bond acceptors (Lipinski definition) is 2. The van der Waals surface area contributed by atoms with Crippen LogP contribution in [0.2, 0.25) is 0 Å². The molecule has 0 aliphatic carbocycles. The van der Waals surface area contributed by atoms with E-state index in [4.69, 9.17) is 0 Å². The van der Waals surface area contributed by atoms with Gasteiger partial charge in [-0.3, -0.25) is 4.68 Å². The van der Waals surface area contributed by atoms with Crippen LogP contribution in [-0.4, -0.2) is 21.0 Å². The predicted molar refractivity (Wildman–Crippen MR) is 52.5 cm³/mol. The van der Waals surface area contributed by atoms with Crippen molar-refractivity contribution >= 4 is 0 Å². The minimum Gasteiger partial charge on any atom is -0.393 e. The van der Waals surface area contributed by atoms with Crippen LogP contribution in [0.5, 0.6) is 0 Å². The minimum absolute atomic E-state index is 0.0462. The van der Waals surface area contributed by atoms with Gasteiger partial charge in [-0.1, -0.05) is 13.8 Å². The molecule has 0 aliphatic rings. The lowest BCUT2D eigenvalue weighted by Crippen LogP contribution is -2.23. The molecule has 0 saturated carbocycles. The van der Waals surface area contributed by atoms with Crippen molar-refractivity contribution in [2.75, 3.05) is 0 Å². The van der Waals surface area contributed by atoms with Crippen molar-refractivity contribution < 1.29 is 5.11 Å². The molecule has 0 bridgehead atoms. The molecule has 1 aromatic rings. The highest BCUT2D eigenvalue weighted by molar-refractivity contribution is 5.12. The van der Waals surface area contributed by atoms with Crippen LogP contribution in [0.25, 0.3) is 0 Å². The van der Waals surface area contributed by atoms with Gasteiger partial charge in [0.15, 0.2) is 0 Å². The molecule has 1 aromatic heterocycles. The summed E-state index contributed by atoms with van der Waals surface area (Å²) in [5.74, 6) is 0. The Hall–Kier alpha value is -0.830. The molecule has 0 spiro atoms. The molecule has 3 nitrogen and oxygen atoms in total. The van der Waals surface area contributed by atoms with E-state index in [1.54, 1.807) is 4.68 Å². The summed E-state index contributed by atoms with van der Waals surface area (Å²) >= 11 is 0. The smallest absolute Gasteiger partial charge is 0.0681 e. The molecule has 13 heavy (non-hydrogen) atoms. The van der Waals surface area contributed by atoms with Gasteiger partial charge in [0.25, 0.3) is 0 Å². The second-order valence-electron chi connectivity index (χ2n) is 4.31. The lowest BCUT2D eigenvalue weighted by molar-refractivity contribution is 0.155. The number of aliphatic hydroxyl groups is 1. The Labute approximate surface area is 79.4 Å².